The summed E-state index contributed by atoms with van der Waals surface area (Å²) in [4.78, 5) is 11.2. The number of aromatic nitrogens is 1. The van der Waals surface area contributed by atoms with E-state index < -0.39 is 0 Å². The van der Waals surface area contributed by atoms with Gasteiger partial charge in [-0.3, -0.25) is 0 Å². The van der Waals surface area contributed by atoms with E-state index in [-0.39, 0.29) is 0 Å². The van der Waals surface area contributed by atoms with Crippen LogP contribution in [0.5, 0.6) is 0 Å². The zero-order valence-electron chi connectivity index (χ0n) is 10.2. The number of likely N-dealkylation sites (N-methyl/N-ethyl adjacent to an activating group) is 1. The number of anilines is 2. The van der Waals surface area contributed by atoms with Crippen LogP contribution in [0.1, 0.15) is 0 Å². The van der Waals surface area contributed by atoms with Gasteiger partial charge in [0, 0.05) is 0 Å². The van der Waals surface area contributed by atoms with Crippen LogP contribution in [0.4, 0.5) is 10.4 Å². The van der Waals surface area contributed by atoms with Gasteiger partial charge in [-0.1, -0.05) is 0 Å². The number of pyridine rings is 1. The van der Waals surface area contributed by atoms with Crippen LogP contribution >= 0.6 is 0 Å². The Morgan fingerprint density at radius 1 is 1.12 bits per heavy atom. The van der Waals surface area contributed by atoms with Crippen molar-refractivity contribution in [1.82, 2.24) is 9.88 Å². The molecule has 0 saturated heterocycles. The van der Waals surface area contributed by atoms with Gasteiger partial charge in [-0.2, -0.15) is 0 Å². The molecule has 17 heavy (non-hydrogen) atoms. The Morgan fingerprint density at radius 2 is 2.00 bits per heavy atom. The predicted octanol–water partition coefficient (Wildman–Crippen LogP) is 1.84. The summed E-state index contributed by atoms with van der Waals surface area (Å²) in [6.45, 7) is 2.02. The molecule has 0 bridgehead atoms. The Labute approximate surface area is 108 Å². The van der Waals surface area contributed by atoms with Crippen molar-refractivity contribution in [2.75, 3.05) is 32.1 Å². The Kier molecular flexibility index (Phi) is 4.37. The third-order valence-corrected chi connectivity index (χ3v) is 4.34. The maximum atomic E-state index is 4.45. The summed E-state index contributed by atoms with van der Waals surface area (Å²) >= 11 is 0.448. The minimum atomic E-state index is 0.448. The second-order valence-corrected chi connectivity index (χ2v) is 6.04. The molecule has 0 radical (unpaired) electrons. The second kappa shape index (κ2) is 6.01. The van der Waals surface area contributed by atoms with Crippen molar-refractivity contribution in [3.05, 3.63) is 41.5 Å². The van der Waals surface area contributed by atoms with Gasteiger partial charge in [0.05, 0.1) is 0 Å². The van der Waals surface area contributed by atoms with E-state index in [1.807, 2.05) is 18.3 Å². The first-order valence-electron chi connectivity index (χ1n) is 5.64. The van der Waals surface area contributed by atoms with Gasteiger partial charge in [0.25, 0.3) is 0 Å². The quantitative estimate of drug-likeness (QED) is 0.784. The van der Waals surface area contributed by atoms with Crippen LogP contribution in [-0.4, -0.2) is 51.6 Å². The fraction of sp³-hybridized carbons (Fsp3) is 0.308. The molecular weight excluding hydrogens is 277 g/mol. The third kappa shape index (κ3) is 3.43. The van der Waals surface area contributed by atoms with Gasteiger partial charge < -0.3 is 0 Å². The fourth-order valence-electron chi connectivity index (χ4n) is 1.57. The average Bonchev–Trinajstić information content (AvgIpc) is 2.84. The van der Waals surface area contributed by atoms with Crippen LogP contribution in [0.25, 0.3) is 0 Å². The number of rotatable bonds is 5. The fourth-order valence-corrected chi connectivity index (χ4v) is 3.18. The Morgan fingerprint density at radius 3 is 2.59 bits per heavy atom. The molecule has 2 rings (SSSR count). The first kappa shape index (κ1) is 12.4. The van der Waals surface area contributed by atoms with Crippen LogP contribution in [-0.2, 0) is 0 Å². The van der Waals surface area contributed by atoms with Crippen LogP contribution in [0.3, 0.4) is 0 Å². The van der Waals surface area contributed by atoms with Crippen LogP contribution in [0, 0.1) is 0 Å². The van der Waals surface area contributed by atoms with E-state index in [4.69, 9.17) is 0 Å². The molecule has 90 valence electrons. The molecule has 0 aliphatic heterocycles. The molecule has 2 heterocycles. The molecule has 0 fully saturated rings. The Bertz CT molecular complexity index is 425. The first-order chi connectivity index (χ1) is 8.27. The molecule has 4 heteroatoms. The van der Waals surface area contributed by atoms with Gasteiger partial charge in [-0.15, -0.1) is 0 Å². The van der Waals surface area contributed by atoms with E-state index in [2.05, 4.69) is 52.0 Å². The van der Waals surface area contributed by atoms with E-state index in [0.717, 1.165) is 18.9 Å². The molecular formula is C13H17N3Se. The molecule has 0 aromatic carbocycles. The topological polar surface area (TPSA) is 19.4 Å². The second-order valence-electron chi connectivity index (χ2n) is 4.09. The van der Waals surface area contributed by atoms with Gasteiger partial charge in [0.2, 0.25) is 0 Å². The summed E-state index contributed by atoms with van der Waals surface area (Å²) in [6.07, 6.45) is 1.86. The van der Waals surface area contributed by atoms with E-state index in [1.165, 1.54) is 4.56 Å². The standard InChI is InChI=1S/C13H17N3Se/c1-15(2)9-10-16(13-7-5-11-17-13)12-6-3-4-8-14-12/h3-8,11H,9-10H2,1-2H3. The van der Waals surface area contributed by atoms with E-state index in [0.29, 0.717) is 14.5 Å². The van der Waals surface area contributed by atoms with Crippen LogP contribution in [0.2, 0.25) is 0 Å². The normalized spacial score (nSPS) is 10.8. The van der Waals surface area contributed by atoms with Crippen molar-refractivity contribution >= 4 is 24.9 Å². The summed E-state index contributed by atoms with van der Waals surface area (Å²) in [7, 11) is 4.20. The Balaban J connectivity index is 2.19. The predicted molar refractivity (Wildman–Crippen MR) is 73.2 cm³/mol. The van der Waals surface area contributed by atoms with Crippen molar-refractivity contribution < 1.29 is 0 Å². The van der Waals surface area contributed by atoms with Crippen molar-refractivity contribution in [1.29, 1.82) is 0 Å². The zero-order chi connectivity index (χ0) is 12.1. The zero-order valence-corrected chi connectivity index (χ0v) is 11.9. The van der Waals surface area contributed by atoms with E-state index >= 15 is 0 Å². The van der Waals surface area contributed by atoms with E-state index in [9.17, 15) is 0 Å². The monoisotopic (exact) mass is 295 g/mol. The van der Waals surface area contributed by atoms with Gasteiger partial charge >= 0.3 is 108 Å². The first-order valence-corrected chi connectivity index (χ1v) is 7.49. The number of nitrogens with zero attached hydrogens (tertiary/aromatic N) is 3. The molecule has 0 amide bonds. The summed E-state index contributed by atoms with van der Waals surface area (Å²) < 4.78 is 1.39. The molecule has 0 atom stereocenters. The summed E-state index contributed by atoms with van der Waals surface area (Å²) in [5.74, 6) is 1.05. The van der Waals surface area contributed by atoms with Crippen LogP contribution in [0.15, 0.2) is 41.5 Å². The van der Waals surface area contributed by atoms with Crippen molar-refractivity contribution in [2.24, 2.45) is 0 Å². The van der Waals surface area contributed by atoms with Crippen LogP contribution < -0.4 is 4.90 Å². The van der Waals surface area contributed by atoms with Crippen molar-refractivity contribution in [3.63, 3.8) is 0 Å². The number of hydrogen-bond donors (Lipinski definition) is 0. The maximum absolute atomic E-state index is 4.45. The molecule has 2 aromatic rings. The number of hydrogen-bond acceptors (Lipinski definition) is 3. The molecule has 3 nitrogen and oxygen atoms in total. The molecule has 2 aromatic heterocycles. The molecule has 0 spiro atoms. The summed E-state index contributed by atoms with van der Waals surface area (Å²) in [5.41, 5.74) is 0. The van der Waals surface area contributed by atoms with Gasteiger partial charge in [0.1, 0.15) is 0 Å². The summed E-state index contributed by atoms with van der Waals surface area (Å²) in [6, 6.07) is 10.4. The van der Waals surface area contributed by atoms with Gasteiger partial charge in [-0.05, 0) is 0 Å². The van der Waals surface area contributed by atoms with Crippen molar-refractivity contribution in [3.8, 4) is 0 Å². The Hall–Kier alpha value is -1.09. The minimum absolute atomic E-state index is 0.448. The SMILES string of the molecule is CN(C)CCN(c1ccccn1)c1ccc[se]1. The molecule has 0 aliphatic rings. The van der Waals surface area contributed by atoms with Gasteiger partial charge in [-0.25, -0.2) is 0 Å². The average molecular weight is 294 g/mol. The molecule has 0 saturated carbocycles. The van der Waals surface area contributed by atoms with E-state index in [1.54, 1.807) is 0 Å². The molecule has 0 aliphatic carbocycles. The molecule has 0 N–H and O–H groups in total. The van der Waals surface area contributed by atoms with Crippen molar-refractivity contribution in [2.45, 2.75) is 0 Å². The summed E-state index contributed by atoms with van der Waals surface area (Å²) in [5, 5.41) is 0. The van der Waals surface area contributed by atoms with Gasteiger partial charge in [0.15, 0.2) is 0 Å². The third-order valence-electron chi connectivity index (χ3n) is 2.47. The molecule has 0 unspecified atom stereocenters.